The summed E-state index contributed by atoms with van der Waals surface area (Å²) < 4.78 is 2.29. The van der Waals surface area contributed by atoms with Gasteiger partial charge in [0.2, 0.25) is 0 Å². The van der Waals surface area contributed by atoms with Gasteiger partial charge in [0.05, 0.1) is 5.69 Å². The minimum atomic E-state index is 1.16. The zero-order chi connectivity index (χ0) is 16.1. The van der Waals surface area contributed by atoms with Crippen LogP contribution in [0.2, 0.25) is 0 Å². The van der Waals surface area contributed by atoms with Crippen molar-refractivity contribution in [3.63, 3.8) is 0 Å². The summed E-state index contributed by atoms with van der Waals surface area (Å²) in [7, 11) is 0. The Hall–Kier alpha value is -2.54. The standard InChI is InChI=1S/C21H23N/c1-6-9-14-20-17(5)18(8-3)21(12-7-2)22(20)19-15-11-10-13-16(19)4/h6-15H,1,3H2,2,4-5H3/b12-7-,14-9-. The molecule has 1 heterocycles. The van der Waals surface area contributed by atoms with Crippen molar-refractivity contribution in [1.29, 1.82) is 0 Å². The fraction of sp³-hybridized carbons (Fsp3) is 0.143. The van der Waals surface area contributed by atoms with E-state index in [1.54, 1.807) is 6.08 Å². The normalized spacial score (nSPS) is 11.4. The molecule has 0 radical (unpaired) electrons. The topological polar surface area (TPSA) is 4.93 Å². The Balaban J connectivity index is 2.90. The van der Waals surface area contributed by atoms with Crippen molar-refractivity contribution in [2.75, 3.05) is 0 Å². The van der Waals surface area contributed by atoms with Crippen molar-refractivity contribution in [3.05, 3.63) is 83.7 Å². The Morgan fingerprint density at radius 2 is 1.73 bits per heavy atom. The summed E-state index contributed by atoms with van der Waals surface area (Å²) in [5.41, 5.74) is 7.15. The molecule has 0 N–H and O–H groups in total. The van der Waals surface area contributed by atoms with Crippen LogP contribution < -0.4 is 0 Å². The van der Waals surface area contributed by atoms with E-state index in [1.807, 2.05) is 19.1 Å². The van der Waals surface area contributed by atoms with E-state index in [9.17, 15) is 0 Å². The van der Waals surface area contributed by atoms with Crippen molar-refractivity contribution >= 4 is 18.2 Å². The summed E-state index contributed by atoms with van der Waals surface area (Å²) in [5.74, 6) is 0. The number of rotatable bonds is 5. The number of nitrogens with zero attached hydrogens (tertiary/aromatic N) is 1. The molecule has 0 aliphatic rings. The smallest absolute Gasteiger partial charge is 0.0534 e. The largest absolute Gasteiger partial charge is 0.309 e. The van der Waals surface area contributed by atoms with Crippen molar-refractivity contribution in [2.24, 2.45) is 0 Å². The molecule has 2 rings (SSSR count). The Morgan fingerprint density at radius 1 is 1.00 bits per heavy atom. The van der Waals surface area contributed by atoms with Crippen molar-refractivity contribution in [3.8, 4) is 5.69 Å². The van der Waals surface area contributed by atoms with Crippen molar-refractivity contribution in [1.82, 2.24) is 4.57 Å². The molecule has 0 amide bonds. The summed E-state index contributed by atoms with van der Waals surface area (Å²) in [6, 6.07) is 8.43. The van der Waals surface area contributed by atoms with Gasteiger partial charge < -0.3 is 4.57 Å². The van der Waals surface area contributed by atoms with E-state index in [0.717, 1.165) is 11.4 Å². The fourth-order valence-electron chi connectivity index (χ4n) is 2.76. The Labute approximate surface area is 133 Å². The number of benzene rings is 1. The number of aryl methyl sites for hydroxylation is 1. The van der Waals surface area contributed by atoms with E-state index >= 15 is 0 Å². The highest BCUT2D eigenvalue weighted by atomic mass is 15.0. The SMILES string of the molecule is C=C/C=C\c1c(C)c(C=C)c(/C=C\C)n1-c1ccccc1C. The number of hydrogen-bond acceptors (Lipinski definition) is 0. The van der Waals surface area contributed by atoms with Gasteiger partial charge in [0.25, 0.3) is 0 Å². The lowest BCUT2D eigenvalue weighted by Crippen LogP contribution is -2.02. The predicted molar refractivity (Wildman–Crippen MR) is 99.3 cm³/mol. The third kappa shape index (κ3) is 2.75. The molecule has 0 fully saturated rings. The fourth-order valence-corrected chi connectivity index (χ4v) is 2.76. The van der Waals surface area contributed by atoms with Crippen LogP contribution >= 0.6 is 0 Å². The van der Waals surface area contributed by atoms with Crippen LogP contribution in [0.4, 0.5) is 0 Å². The van der Waals surface area contributed by atoms with Gasteiger partial charge in [-0.15, -0.1) is 0 Å². The molecule has 0 unspecified atom stereocenters. The molecule has 0 saturated carbocycles. The first-order valence-corrected chi connectivity index (χ1v) is 7.51. The van der Waals surface area contributed by atoms with Crippen molar-refractivity contribution < 1.29 is 0 Å². The van der Waals surface area contributed by atoms with Crippen molar-refractivity contribution in [2.45, 2.75) is 20.8 Å². The first-order valence-electron chi connectivity index (χ1n) is 7.51. The molecular weight excluding hydrogens is 266 g/mol. The molecule has 0 aliphatic carbocycles. The zero-order valence-electron chi connectivity index (χ0n) is 13.6. The second-order valence-electron chi connectivity index (χ2n) is 5.23. The molecule has 1 aromatic carbocycles. The molecule has 112 valence electrons. The molecule has 22 heavy (non-hydrogen) atoms. The minimum absolute atomic E-state index is 1.16. The summed E-state index contributed by atoms with van der Waals surface area (Å²) in [6.45, 7) is 14.1. The van der Waals surface area contributed by atoms with Crippen LogP contribution in [0.5, 0.6) is 0 Å². The molecule has 0 saturated heterocycles. The lowest BCUT2D eigenvalue weighted by molar-refractivity contribution is 1.02. The summed E-state index contributed by atoms with van der Waals surface area (Å²) in [4.78, 5) is 0. The lowest BCUT2D eigenvalue weighted by atomic mass is 10.1. The average Bonchev–Trinajstić information content (AvgIpc) is 2.77. The van der Waals surface area contributed by atoms with Gasteiger partial charge >= 0.3 is 0 Å². The maximum absolute atomic E-state index is 3.99. The summed E-state index contributed by atoms with van der Waals surface area (Å²) in [6.07, 6.45) is 12.0. The zero-order valence-corrected chi connectivity index (χ0v) is 13.6. The van der Waals surface area contributed by atoms with E-state index in [-0.39, 0.29) is 0 Å². The second kappa shape index (κ2) is 6.95. The molecule has 0 bridgehead atoms. The van der Waals surface area contributed by atoms with Crippen LogP contribution in [-0.4, -0.2) is 4.57 Å². The van der Waals surface area contributed by atoms with Crippen LogP contribution in [-0.2, 0) is 0 Å². The van der Waals surface area contributed by atoms with Gasteiger partial charge in [0.15, 0.2) is 0 Å². The number of aromatic nitrogens is 1. The van der Waals surface area contributed by atoms with E-state index < -0.39 is 0 Å². The molecule has 0 aliphatic heterocycles. The molecule has 1 aromatic heterocycles. The highest BCUT2D eigenvalue weighted by Crippen LogP contribution is 2.31. The van der Waals surface area contributed by atoms with E-state index in [2.05, 4.69) is 74.1 Å². The third-order valence-corrected chi connectivity index (χ3v) is 3.82. The number of hydrogen-bond donors (Lipinski definition) is 0. The lowest BCUT2D eigenvalue weighted by Gasteiger charge is -2.13. The van der Waals surface area contributed by atoms with Gasteiger partial charge in [-0.25, -0.2) is 0 Å². The van der Waals surface area contributed by atoms with Gasteiger partial charge in [-0.2, -0.15) is 0 Å². The number of para-hydroxylation sites is 1. The van der Waals surface area contributed by atoms with Gasteiger partial charge in [-0.1, -0.05) is 55.7 Å². The Bertz CT molecular complexity index is 754. The van der Waals surface area contributed by atoms with Crippen LogP contribution in [0, 0.1) is 13.8 Å². The predicted octanol–water partition coefficient (Wildman–Crippen LogP) is 5.97. The van der Waals surface area contributed by atoms with Crippen LogP contribution in [0.25, 0.3) is 23.9 Å². The highest BCUT2D eigenvalue weighted by molar-refractivity contribution is 5.74. The maximum atomic E-state index is 3.99. The molecule has 1 heteroatoms. The van der Waals surface area contributed by atoms with E-state index in [1.165, 1.54) is 22.4 Å². The van der Waals surface area contributed by atoms with E-state index in [4.69, 9.17) is 0 Å². The maximum Gasteiger partial charge on any atom is 0.0534 e. The summed E-state index contributed by atoms with van der Waals surface area (Å²) >= 11 is 0. The van der Waals surface area contributed by atoms with E-state index in [0.29, 0.717) is 0 Å². The van der Waals surface area contributed by atoms with Gasteiger partial charge in [-0.3, -0.25) is 0 Å². The number of allylic oxidation sites excluding steroid dienone is 3. The molecule has 1 nitrogen and oxygen atoms in total. The minimum Gasteiger partial charge on any atom is -0.309 e. The first-order chi connectivity index (χ1) is 10.7. The molecule has 0 atom stereocenters. The summed E-state index contributed by atoms with van der Waals surface area (Å²) in [5, 5.41) is 0. The Morgan fingerprint density at radius 3 is 2.32 bits per heavy atom. The monoisotopic (exact) mass is 289 g/mol. The second-order valence-corrected chi connectivity index (χ2v) is 5.23. The third-order valence-electron chi connectivity index (χ3n) is 3.82. The highest BCUT2D eigenvalue weighted by Gasteiger charge is 2.17. The van der Waals surface area contributed by atoms with Gasteiger partial charge in [-0.05, 0) is 50.1 Å². The van der Waals surface area contributed by atoms with Crippen LogP contribution in [0.1, 0.15) is 35.0 Å². The van der Waals surface area contributed by atoms with Gasteiger partial charge in [0, 0.05) is 16.9 Å². The molecule has 0 spiro atoms. The molecule has 2 aromatic rings. The Kier molecular flexibility index (Phi) is 5.00. The molecular formula is C21H23N. The van der Waals surface area contributed by atoms with Gasteiger partial charge in [0.1, 0.15) is 0 Å². The van der Waals surface area contributed by atoms with Crippen LogP contribution in [0.3, 0.4) is 0 Å². The average molecular weight is 289 g/mol. The first kappa shape index (κ1) is 15.8. The quantitative estimate of drug-likeness (QED) is 0.598. The van der Waals surface area contributed by atoms with Crippen LogP contribution in [0.15, 0.2) is 55.7 Å².